The Kier molecular flexibility index (Phi) is 4.67. The fraction of sp³-hybridized carbons (Fsp3) is 0.562. The highest BCUT2D eigenvalue weighted by molar-refractivity contribution is 7.98. The summed E-state index contributed by atoms with van der Waals surface area (Å²) in [6.07, 6.45) is 1.99. The number of rotatable bonds is 3. The van der Waals surface area contributed by atoms with E-state index in [-0.39, 0.29) is 17.1 Å². The lowest BCUT2D eigenvalue weighted by molar-refractivity contribution is 0.00578. The third kappa shape index (κ3) is 3.05. The first-order valence-corrected chi connectivity index (χ1v) is 8.57. The van der Waals surface area contributed by atoms with E-state index in [1.165, 1.54) is 0 Å². The van der Waals surface area contributed by atoms with E-state index in [1.54, 1.807) is 30.8 Å². The largest absolute Gasteiger partial charge is 0.495 e. The molecule has 1 aromatic carbocycles. The van der Waals surface area contributed by atoms with Crippen molar-refractivity contribution in [1.82, 2.24) is 4.90 Å². The van der Waals surface area contributed by atoms with Crippen LogP contribution < -0.4 is 5.46 Å². The Hall–Kier alpha value is -0.975. The quantitative estimate of drug-likeness (QED) is 0.633. The van der Waals surface area contributed by atoms with Gasteiger partial charge < -0.3 is 14.2 Å². The van der Waals surface area contributed by atoms with Crippen molar-refractivity contribution in [1.29, 1.82) is 0 Å². The zero-order valence-corrected chi connectivity index (χ0v) is 15.2. The maximum Gasteiger partial charge on any atom is 0.495 e. The second kappa shape index (κ2) is 5.91. The van der Waals surface area contributed by atoms with Gasteiger partial charge in [-0.2, -0.15) is 0 Å². The van der Waals surface area contributed by atoms with E-state index >= 15 is 0 Å². The molecule has 0 atom stereocenters. The van der Waals surface area contributed by atoms with Gasteiger partial charge in [0.2, 0.25) is 0 Å². The van der Waals surface area contributed by atoms with Crippen LogP contribution in [0.2, 0.25) is 0 Å². The number of carbonyl (C=O) groups excluding carboxylic acids is 1. The minimum Gasteiger partial charge on any atom is -0.399 e. The van der Waals surface area contributed by atoms with Gasteiger partial charge >= 0.3 is 7.12 Å². The molecule has 1 aliphatic heterocycles. The van der Waals surface area contributed by atoms with E-state index in [2.05, 4.69) is 0 Å². The van der Waals surface area contributed by atoms with Gasteiger partial charge in [-0.05, 0) is 51.5 Å². The van der Waals surface area contributed by atoms with Gasteiger partial charge in [0.15, 0.2) is 0 Å². The highest BCUT2D eigenvalue weighted by Gasteiger charge is 2.52. The van der Waals surface area contributed by atoms with E-state index < -0.39 is 7.12 Å². The van der Waals surface area contributed by atoms with Crippen LogP contribution in [0.3, 0.4) is 0 Å². The van der Waals surface area contributed by atoms with Crippen LogP contribution >= 0.6 is 11.8 Å². The number of hydrogen-bond acceptors (Lipinski definition) is 4. The Labute approximate surface area is 137 Å². The van der Waals surface area contributed by atoms with Gasteiger partial charge in [0.25, 0.3) is 5.91 Å². The summed E-state index contributed by atoms with van der Waals surface area (Å²) in [4.78, 5) is 14.7. The van der Waals surface area contributed by atoms with Crippen molar-refractivity contribution in [3.8, 4) is 0 Å². The second-order valence-electron chi connectivity index (χ2n) is 6.74. The number of hydrogen-bond donors (Lipinski definition) is 0. The number of carbonyl (C=O) groups is 1. The van der Waals surface area contributed by atoms with Gasteiger partial charge in [0.05, 0.1) is 11.2 Å². The molecule has 1 heterocycles. The lowest BCUT2D eigenvalue weighted by Crippen LogP contribution is -2.41. The summed E-state index contributed by atoms with van der Waals surface area (Å²) in [5.74, 6) is -0.00392. The number of nitrogens with zero attached hydrogens (tertiary/aromatic N) is 1. The standard InChI is InChI=1S/C16H24BNO3S/c1-15(2)16(3,4)21-17(20-15)12-9-8-11(10-13(12)22-7)14(19)18(5)6/h8-10H,1-7H3. The zero-order chi connectivity index (χ0) is 16.7. The van der Waals surface area contributed by atoms with Crippen LogP contribution in [-0.2, 0) is 9.31 Å². The summed E-state index contributed by atoms with van der Waals surface area (Å²) in [5, 5.41) is 0. The molecule has 0 radical (unpaired) electrons. The number of thioether (sulfide) groups is 1. The average Bonchev–Trinajstić information content (AvgIpc) is 2.65. The van der Waals surface area contributed by atoms with Crippen LogP contribution in [0.15, 0.2) is 23.1 Å². The van der Waals surface area contributed by atoms with Crippen molar-refractivity contribution in [2.24, 2.45) is 0 Å². The lowest BCUT2D eigenvalue weighted by Gasteiger charge is -2.32. The average molecular weight is 321 g/mol. The topological polar surface area (TPSA) is 38.8 Å². The van der Waals surface area contributed by atoms with Crippen LogP contribution in [0.4, 0.5) is 0 Å². The fourth-order valence-corrected chi connectivity index (χ4v) is 2.91. The molecular formula is C16H24BNO3S. The molecule has 0 bridgehead atoms. The first kappa shape index (κ1) is 17.4. The molecule has 1 aliphatic rings. The Balaban J connectivity index is 2.36. The zero-order valence-electron chi connectivity index (χ0n) is 14.4. The van der Waals surface area contributed by atoms with Crippen LogP contribution in [-0.4, -0.2) is 49.5 Å². The third-order valence-electron chi connectivity index (χ3n) is 4.39. The molecule has 22 heavy (non-hydrogen) atoms. The lowest BCUT2D eigenvalue weighted by atomic mass is 9.78. The summed E-state index contributed by atoms with van der Waals surface area (Å²) < 4.78 is 12.2. The van der Waals surface area contributed by atoms with Crippen LogP contribution in [0, 0.1) is 0 Å². The summed E-state index contributed by atoms with van der Waals surface area (Å²) in [6.45, 7) is 8.15. The molecule has 6 heteroatoms. The molecule has 0 N–H and O–H groups in total. The molecule has 2 rings (SSSR count). The van der Waals surface area contributed by atoms with Crippen molar-refractivity contribution in [2.45, 2.75) is 43.8 Å². The maximum absolute atomic E-state index is 12.1. The smallest absolute Gasteiger partial charge is 0.399 e. The van der Waals surface area contributed by atoms with Crippen LogP contribution in [0.25, 0.3) is 0 Å². The predicted molar refractivity (Wildman–Crippen MR) is 92.0 cm³/mol. The van der Waals surface area contributed by atoms with Gasteiger partial charge in [0.1, 0.15) is 0 Å². The molecule has 1 fully saturated rings. The Morgan fingerprint density at radius 1 is 1.14 bits per heavy atom. The molecule has 1 amide bonds. The molecule has 0 unspecified atom stereocenters. The molecule has 4 nitrogen and oxygen atoms in total. The summed E-state index contributed by atoms with van der Waals surface area (Å²) in [5.41, 5.74) is 0.910. The maximum atomic E-state index is 12.1. The number of amides is 1. The Morgan fingerprint density at radius 2 is 1.68 bits per heavy atom. The van der Waals surface area contributed by atoms with E-state index in [4.69, 9.17) is 9.31 Å². The fourth-order valence-electron chi connectivity index (χ4n) is 2.27. The first-order chi connectivity index (χ1) is 10.1. The van der Waals surface area contributed by atoms with Gasteiger partial charge in [-0.25, -0.2) is 0 Å². The molecule has 0 saturated carbocycles. The summed E-state index contributed by atoms with van der Waals surface area (Å²) in [7, 11) is 3.10. The molecule has 1 saturated heterocycles. The van der Waals surface area contributed by atoms with E-state index in [0.717, 1.165) is 10.4 Å². The van der Waals surface area contributed by atoms with E-state index in [0.29, 0.717) is 5.56 Å². The highest BCUT2D eigenvalue weighted by atomic mass is 32.2. The van der Waals surface area contributed by atoms with Crippen molar-refractivity contribution >= 4 is 30.3 Å². The summed E-state index contributed by atoms with van der Waals surface area (Å²) >= 11 is 1.60. The SMILES string of the molecule is CSc1cc(C(=O)N(C)C)ccc1B1OC(C)(C)C(C)(C)O1. The van der Waals surface area contributed by atoms with Gasteiger partial charge in [0, 0.05) is 24.6 Å². The van der Waals surface area contributed by atoms with Crippen LogP contribution in [0.5, 0.6) is 0 Å². The van der Waals surface area contributed by atoms with Crippen LogP contribution in [0.1, 0.15) is 38.1 Å². The molecule has 0 spiro atoms. The third-order valence-corrected chi connectivity index (χ3v) is 5.19. The second-order valence-corrected chi connectivity index (χ2v) is 7.59. The van der Waals surface area contributed by atoms with E-state index in [1.807, 2.05) is 52.1 Å². The normalized spacial score (nSPS) is 19.3. The van der Waals surface area contributed by atoms with E-state index in [9.17, 15) is 4.79 Å². The van der Waals surface area contributed by atoms with Crippen molar-refractivity contribution in [3.05, 3.63) is 23.8 Å². The molecule has 1 aromatic rings. The minimum atomic E-state index is -0.407. The monoisotopic (exact) mass is 321 g/mol. The van der Waals surface area contributed by atoms with Gasteiger partial charge in [-0.1, -0.05) is 6.07 Å². The van der Waals surface area contributed by atoms with Gasteiger partial charge in [-0.3, -0.25) is 4.79 Å². The van der Waals surface area contributed by atoms with Crippen molar-refractivity contribution < 1.29 is 14.1 Å². The van der Waals surface area contributed by atoms with Crippen molar-refractivity contribution in [3.63, 3.8) is 0 Å². The molecular weight excluding hydrogens is 297 g/mol. The first-order valence-electron chi connectivity index (χ1n) is 7.34. The minimum absolute atomic E-state index is 0.00392. The summed E-state index contributed by atoms with van der Waals surface area (Å²) in [6, 6.07) is 5.68. The van der Waals surface area contributed by atoms with Gasteiger partial charge in [-0.15, -0.1) is 11.8 Å². The number of benzene rings is 1. The molecule has 120 valence electrons. The van der Waals surface area contributed by atoms with Crippen molar-refractivity contribution in [2.75, 3.05) is 20.4 Å². The predicted octanol–water partition coefficient (Wildman–Crippen LogP) is 2.41. The molecule has 0 aliphatic carbocycles. The highest BCUT2D eigenvalue weighted by Crippen LogP contribution is 2.37. The Bertz CT molecular complexity index is 571. The molecule has 0 aromatic heterocycles. The Morgan fingerprint density at radius 3 is 2.14 bits per heavy atom.